The van der Waals surface area contributed by atoms with Gasteiger partial charge in [0.05, 0.1) is 10.8 Å². The molecule has 0 aliphatic heterocycles. The van der Waals surface area contributed by atoms with Crippen LogP contribution in [0.4, 0.5) is 5.00 Å². The molecule has 3 N–H and O–H groups in total. The minimum atomic E-state index is -0.503. The van der Waals surface area contributed by atoms with Crippen molar-refractivity contribution in [3.8, 4) is 0 Å². The van der Waals surface area contributed by atoms with Crippen molar-refractivity contribution in [2.45, 2.75) is 44.8 Å². The normalized spacial score (nSPS) is 15.1. The second-order valence-corrected chi connectivity index (χ2v) is 7.64. The molecule has 0 saturated heterocycles. The zero-order chi connectivity index (χ0) is 15.6. The highest BCUT2D eigenvalue weighted by atomic mass is 32.2. The number of thiophene rings is 1. The first-order valence-corrected chi connectivity index (χ1v) is 8.52. The van der Waals surface area contributed by atoms with Gasteiger partial charge in [-0.3, -0.25) is 14.4 Å². The molecule has 1 heterocycles. The molecule has 1 aliphatic carbocycles. The van der Waals surface area contributed by atoms with Crippen LogP contribution >= 0.6 is 23.1 Å². The number of anilines is 1. The molecule has 1 aromatic heterocycles. The Balaban J connectivity index is 2.23. The Kier molecular flexibility index (Phi) is 5.05. The van der Waals surface area contributed by atoms with E-state index in [4.69, 9.17) is 5.73 Å². The molecule has 1 aliphatic rings. The lowest BCUT2D eigenvalue weighted by molar-refractivity contribution is -0.116. The summed E-state index contributed by atoms with van der Waals surface area (Å²) in [7, 11) is 0. The van der Waals surface area contributed by atoms with Gasteiger partial charge in [0, 0.05) is 11.8 Å². The summed E-state index contributed by atoms with van der Waals surface area (Å²) in [6.07, 6.45) is 3.88. The first-order valence-electron chi connectivity index (χ1n) is 6.82. The summed E-state index contributed by atoms with van der Waals surface area (Å²) in [4.78, 5) is 36.0. The van der Waals surface area contributed by atoms with Gasteiger partial charge in [-0.25, -0.2) is 0 Å². The Morgan fingerprint density at radius 2 is 1.95 bits per heavy atom. The second-order valence-electron chi connectivity index (χ2n) is 5.02. The van der Waals surface area contributed by atoms with Crippen molar-refractivity contribution in [3.63, 3.8) is 0 Å². The highest BCUT2D eigenvalue weighted by Gasteiger charge is 2.26. The third-order valence-corrected chi connectivity index (χ3v) is 5.47. The number of hydrogen-bond acceptors (Lipinski definition) is 5. The molecule has 21 heavy (non-hydrogen) atoms. The lowest BCUT2D eigenvalue weighted by Crippen LogP contribution is -2.25. The molecule has 2 rings (SSSR count). The van der Waals surface area contributed by atoms with E-state index in [9.17, 15) is 14.4 Å². The van der Waals surface area contributed by atoms with E-state index in [2.05, 4.69) is 5.32 Å². The van der Waals surface area contributed by atoms with Crippen molar-refractivity contribution < 1.29 is 14.4 Å². The highest BCUT2D eigenvalue weighted by Crippen LogP contribution is 2.38. The lowest BCUT2D eigenvalue weighted by Gasteiger charge is -2.11. The number of nitrogens with one attached hydrogen (secondary N) is 1. The molecular weight excluding hydrogens is 308 g/mol. The van der Waals surface area contributed by atoms with Crippen LogP contribution in [0.25, 0.3) is 0 Å². The summed E-state index contributed by atoms with van der Waals surface area (Å²) in [6, 6.07) is 0. The molecule has 0 saturated carbocycles. The Morgan fingerprint density at radius 3 is 2.57 bits per heavy atom. The fourth-order valence-corrected chi connectivity index (χ4v) is 4.39. The number of rotatable bonds is 4. The summed E-state index contributed by atoms with van der Waals surface area (Å²) in [6.45, 7) is 3.09. The number of amides is 2. The van der Waals surface area contributed by atoms with Crippen molar-refractivity contribution in [3.05, 3.63) is 16.0 Å². The van der Waals surface area contributed by atoms with Crippen LogP contribution in [0.3, 0.4) is 0 Å². The van der Waals surface area contributed by atoms with E-state index in [1.807, 2.05) is 0 Å². The molecule has 2 amide bonds. The van der Waals surface area contributed by atoms with Gasteiger partial charge in [0.15, 0.2) is 5.12 Å². The minimum absolute atomic E-state index is 0.113. The van der Waals surface area contributed by atoms with Crippen LogP contribution in [0, 0.1) is 0 Å². The maximum absolute atomic E-state index is 12.1. The summed E-state index contributed by atoms with van der Waals surface area (Å²) in [5, 5.41) is 2.67. The molecule has 1 aromatic rings. The lowest BCUT2D eigenvalue weighted by atomic mass is 9.95. The molecule has 5 nitrogen and oxygen atoms in total. The smallest absolute Gasteiger partial charge is 0.251 e. The number of fused-ring (bicyclic) bond motifs is 1. The summed E-state index contributed by atoms with van der Waals surface area (Å²) < 4.78 is 0. The average Bonchev–Trinajstić information content (AvgIpc) is 2.75. The fourth-order valence-electron chi connectivity index (χ4n) is 2.43. The second kappa shape index (κ2) is 6.62. The maximum atomic E-state index is 12.1. The van der Waals surface area contributed by atoms with Crippen molar-refractivity contribution in [2.24, 2.45) is 5.73 Å². The van der Waals surface area contributed by atoms with Crippen LogP contribution < -0.4 is 11.1 Å². The Bertz CT molecular complexity index is 595. The number of carbonyl (C=O) groups is 3. The predicted molar refractivity (Wildman–Crippen MR) is 85.8 cm³/mol. The van der Waals surface area contributed by atoms with E-state index >= 15 is 0 Å². The Labute approximate surface area is 131 Å². The third kappa shape index (κ3) is 3.65. The molecule has 1 unspecified atom stereocenters. The average molecular weight is 326 g/mol. The zero-order valence-electron chi connectivity index (χ0n) is 12.0. The Morgan fingerprint density at radius 1 is 1.29 bits per heavy atom. The molecule has 0 spiro atoms. The van der Waals surface area contributed by atoms with Gasteiger partial charge < -0.3 is 11.1 Å². The number of carbonyl (C=O) groups excluding carboxylic acids is 3. The van der Waals surface area contributed by atoms with Gasteiger partial charge in [-0.2, -0.15) is 0 Å². The van der Waals surface area contributed by atoms with E-state index in [0.717, 1.165) is 47.9 Å². The zero-order valence-corrected chi connectivity index (χ0v) is 13.7. The minimum Gasteiger partial charge on any atom is -0.365 e. The van der Waals surface area contributed by atoms with E-state index < -0.39 is 11.2 Å². The summed E-state index contributed by atoms with van der Waals surface area (Å²) >= 11 is 2.40. The molecule has 114 valence electrons. The van der Waals surface area contributed by atoms with E-state index in [1.54, 1.807) is 6.92 Å². The van der Waals surface area contributed by atoms with Gasteiger partial charge in [0.2, 0.25) is 5.91 Å². The SMILES string of the molecule is CC(=O)SC(C)C(=O)Nc1sc2c(c1C(N)=O)CCCC2. The van der Waals surface area contributed by atoms with Crippen LogP contribution in [0.2, 0.25) is 0 Å². The third-order valence-electron chi connectivity index (χ3n) is 3.37. The predicted octanol–water partition coefficient (Wildman–Crippen LogP) is 2.33. The van der Waals surface area contributed by atoms with Crippen molar-refractivity contribution >= 4 is 45.0 Å². The number of primary amides is 1. The molecular formula is C14H18N2O3S2. The van der Waals surface area contributed by atoms with Gasteiger partial charge in [-0.1, -0.05) is 11.8 Å². The fraction of sp³-hybridized carbons (Fsp3) is 0.500. The Hall–Kier alpha value is -1.34. The van der Waals surface area contributed by atoms with Crippen molar-refractivity contribution in [1.29, 1.82) is 0 Å². The summed E-state index contributed by atoms with van der Waals surface area (Å²) in [5.41, 5.74) is 6.91. The molecule has 0 aromatic carbocycles. The highest BCUT2D eigenvalue weighted by molar-refractivity contribution is 8.14. The molecule has 1 atom stereocenters. The standard InChI is InChI=1S/C14H18N2O3S2/c1-7(20-8(2)17)13(19)16-14-11(12(15)18)9-5-3-4-6-10(9)21-14/h7H,3-6H2,1-2H3,(H2,15,18)(H,16,19). The van der Waals surface area contributed by atoms with Crippen LogP contribution in [0.1, 0.15) is 47.5 Å². The number of aryl methyl sites for hydroxylation is 1. The van der Waals surface area contributed by atoms with Gasteiger partial charge in [-0.15, -0.1) is 11.3 Å². The maximum Gasteiger partial charge on any atom is 0.251 e. The van der Waals surface area contributed by atoms with Crippen LogP contribution in [-0.4, -0.2) is 22.2 Å². The quantitative estimate of drug-likeness (QED) is 0.888. The van der Waals surface area contributed by atoms with Gasteiger partial charge in [0.1, 0.15) is 5.00 Å². The number of nitrogens with two attached hydrogens (primary N) is 1. The van der Waals surface area contributed by atoms with Crippen molar-refractivity contribution in [2.75, 3.05) is 5.32 Å². The van der Waals surface area contributed by atoms with Crippen molar-refractivity contribution in [1.82, 2.24) is 0 Å². The molecule has 0 bridgehead atoms. The molecule has 0 fully saturated rings. The first kappa shape index (κ1) is 16.0. The van der Waals surface area contributed by atoms with E-state index in [1.165, 1.54) is 18.3 Å². The summed E-state index contributed by atoms with van der Waals surface area (Å²) in [5.74, 6) is -0.784. The largest absolute Gasteiger partial charge is 0.365 e. The van der Waals surface area contributed by atoms with Crippen LogP contribution in [0.5, 0.6) is 0 Å². The number of thioether (sulfide) groups is 1. The monoisotopic (exact) mass is 326 g/mol. The van der Waals surface area contributed by atoms with E-state index in [0.29, 0.717) is 10.6 Å². The number of hydrogen-bond donors (Lipinski definition) is 2. The van der Waals surface area contributed by atoms with Crippen LogP contribution in [0.15, 0.2) is 0 Å². The topological polar surface area (TPSA) is 89.3 Å². The van der Waals surface area contributed by atoms with Gasteiger partial charge in [0.25, 0.3) is 5.91 Å². The molecule has 0 radical (unpaired) electrons. The first-order chi connectivity index (χ1) is 9.90. The van der Waals surface area contributed by atoms with E-state index in [-0.39, 0.29) is 11.0 Å². The van der Waals surface area contributed by atoms with Gasteiger partial charge in [-0.05, 0) is 38.2 Å². The molecule has 7 heteroatoms. The van der Waals surface area contributed by atoms with Crippen LogP contribution in [-0.2, 0) is 22.4 Å². The van der Waals surface area contributed by atoms with Gasteiger partial charge >= 0.3 is 0 Å².